The van der Waals surface area contributed by atoms with Gasteiger partial charge in [-0.15, -0.1) is 0 Å². The summed E-state index contributed by atoms with van der Waals surface area (Å²) in [5, 5.41) is 10.6. The second kappa shape index (κ2) is 5.29. The van der Waals surface area contributed by atoms with Crippen LogP contribution in [0.15, 0.2) is 59.0 Å². The summed E-state index contributed by atoms with van der Waals surface area (Å²) in [5.41, 5.74) is 2.32. The molecule has 0 saturated heterocycles. The van der Waals surface area contributed by atoms with E-state index in [-0.39, 0.29) is 11.5 Å². The topological polar surface area (TPSA) is 50.4 Å². The molecule has 104 valence electrons. The highest BCUT2D eigenvalue weighted by Gasteiger charge is 2.09. The van der Waals surface area contributed by atoms with Crippen molar-refractivity contribution in [3.05, 3.63) is 71.5 Å². The molecule has 0 saturated carbocycles. The molecule has 1 N–H and O–H groups in total. The van der Waals surface area contributed by atoms with E-state index in [0.29, 0.717) is 16.9 Å². The Bertz CT molecular complexity index is 808. The Balaban J connectivity index is 1.88. The van der Waals surface area contributed by atoms with Crippen molar-refractivity contribution in [2.45, 2.75) is 6.92 Å². The van der Waals surface area contributed by atoms with Gasteiger partial charge in [0.25, 0.3) is 0 Å². The molecule has 0 unspecified atom stereocenters. The number of para-hydroxylation sites is 1. The quantitative estimate of drug-likeness (QED) is 0.572. The number of ketones is 1. The third-order valence-electron chi connectivity index (χ3n) is 3.27. The first kappa shape index (κ1) is 13.2. The third kappa shape index (κ3) is 2.72. The van der Waals surface area contributed by atoms with Crippen molar-refractivity contribution in [3.8, 4) is 5.75 Å². The van der Waals surface area contributed by atoms with Gasteiger partial charge in [0.15, 0.2) is 5.76 Å². The van der Waals surface area contributed by atoms with Crippen LogP contribution < -0.4 is 0 Å². The minimum Gasteiger partial charge on any atom is -0.507 e. The number of hydrogen-bond acceptors (Lipinski definition) is 3. The Morgan fingerprint density at radius 3 is 2.76 bits per heavy atom. The number of rotatable bonds is 3. The van der Waals surface area contributed by atoms with Crippen molar-refractivity contribution in [2.75, 3.05) is 0 Å². The van der Waals surface area contributed by atoms with Crippen LogP contribution in [0.5, 0.6) is 5.75 Å². The number of carbonyl (C=O) groups is 1. The van der Waals surface area contributed by atoms with Crippen LogP contribution >= 0.6 is 0 Å². The van der Waals surface area contributed by atoms with Crippen LogP contribution in [0.25, 0.3) is 17.0 Å². The fourth-order valence-corrected chi connectivity index (χ4v) is 2.16. The normalized spacial score (nSPS) is 11.3. The Hall–Kier alpha value is -2.81. The molecule has 0 aliphatic heterocycles. The molecule has 0 fully saturated rings. The Morgan fingerprint density at radius 2 is 1.95 bits per heavy atom. The molecule has 21 heavy (non-hydrogen) atoms. The van der Waals surface area contributed by atoms with E-state index in [0.717, 1.165) is 10.9 Å². The molecule has 0 radical (unpaired) electrons. The van der Waals surface area contributed by atoms with E-state index in [1.807, 2.05) is 43.3 Å². The van der Waals surface area contributed by atoms with Gasteiger partial charge in [-0.3, -0.25) is 4.79 Å². The zero-order valence-corrected chi connectivity index (χ0v) is 11.5. The third-order valence-corrected chi connectivity index (χ3v) is 3.27. The van der Waals surface area contributed by atoms with Crippen molar-refractivity contribution in [1.29, 1.82) is 0 Å². The van der Waals surface area contributed by atoms with Crippen LogP contribution in [0.4, 0.5) is 0 Å². The number of aryl methyl sites for hydroxylation is 1. The number of phenols is 1. The monoisotopic (exact) mass is 278 g/mol. The van der Waals surface area contributed by atoms with Crippen LogP contribution in [0.1, 0.15) is 21.7 Å². The lowest BCUT2D eigenvalue weighted by atomic mass is 10.1. The Kier molecular flexibility index (Phi) is 3.32. The largest absolute Gasteiger partial charge is 0.507 e. The number of benzene rings is 2. The average molecular weight is 278 g/mol. The fourth-order valence-electron chi connectivity index (χ4n) is 2.16. The maximum absolute atomic E-state index is 12.1. The van der Waals surface area contributed by atoms with E-state index in [2.05, 4.69) is 0 Å². The van der Waals surface area contributed by atoms with Crippen LogP contribution in [-0.2, 0) is 0 Å². The van der Waals surface area contributed by atoms with E-state index in [4.69, 9.17) is 4.42 Å². The lowest BCUT2D eigenvalue weighted by molar-refractivity contribution is 0.102. The number of phenolic OH excluding ortho intramolecular Hbond substituents is 1. The maximum Gasteiger partial charge on any atom is 0.221 e. The second-order valence-corrected chi connectivity index (χ2v) is 4.91. The maximum atomic E-state index is 12.1. The van der Waals surface area contributed by atoms with Crippen LogP contribution in [0.2, 0.25) is 0 Å². The minimum absolute atomic E-state index is 0.147. The summed E-state index contributed by atoms with van der Waals surface area (Å²) in [5.74, 6) is 0.209. The van der Waals surface area contributed by atoms with Gasteiger partial charge in [-0.2, -0.15) is 0 Å². The Labute approximate surface area is 122 Å². The van der Waals surface area contributed by atoms with Gasteiger partial charge < -0.3 is 9.52 Å². The zero-order valence-electron chi connectivity index (χ0n) is 11.5. The van der Waals surface area contributed by atoms with Crippen LogP contribution in [0.3, 0.4) is 0 Å². The molecule has 0 atom stereocenters. The smallest absolute Gasteiger partial charge is 0.221 e. The summed E-state index contributed by atoms with van der Waals surface area (Å²) in [4.78, 5) is 12.1. The average Bonchev–Trinajstić information content (AvgIpc) is 2.92. The van der Waals surface area contributed by atoms with Crippen molar-refractivity contribution < 1.29 is 14.3 Å². The summed E-state index contributed by atoms with van der Waals surface area (Å²) in [6.07, 6.45) is 3.00. The first-order chi connectivity index (χ1) is 10.1. The van der Waals surface area contributed by atoms with Crippen LogP contribution in [0, 0.1) is 6.92 Å². The van der Waals surface area contributed by atoms with Gasteiger partial charge in [-0.05, 0) is 43.3 Å². The van der Waals surface area contributed by atoms with Crippen molar-refractivity contribution in [3.63, 3.8) is 0 Å². The molecule has 0 amide bonds. The molecule has 1 heterocycles. The number of furan rings is 1. The molecule has 0 aliphatic carbocycles. The summed E-state index contributed by atoms with van der Waals surface area (Å²) in [7, 11) is 0. The molecular formula is C18H14O3. The number of fused-ring (bicyclic) bond motifs is 1. The second-order valence-electron chi connectivity index (χ2n) is 4.91. The predicted molar refractivity (Wildman–Crippen MR) is 82.4 cm³/mol. The molecule has 3 heteroatoms. The SMILES string of the molecule is Cc1ccc(O)c(/C=C/C(=O)c2cc3ccccc3o2)c1. The van der Waals surface area contributed by atoms with Crippen LogP contribution in [-0.4, -0.2) is 10.9 Å². The first-order valence-corrected chi connectivity index (χ1v) is 6.64. The van der Waals surface area contributed by atoms with E-state index < -0.39 is 0 Å². The number of hydrogen-bond donors (Lipinski definition) is 1. The molecule has 3 rings (SSSR count). The van der Waals surface area contributed by atoms with Gasteiger partial charge >= 0.3 is 0 Å². The molecule has 0 spiro atoms. The first-order valence-electron chi connectivity index (χ1n) is 6.64. The minimum atomic E-state index is -0.230. The Morgan fingerprint density at radius 1 is 1.14 bits per heavy atom. The summed E-state index contributed by atoms with van der Waals surface area (Å²) in [6.45, 7) is 1.93. The van der Waals surface area contributed by atoms with Gasteiger partial charge in [-0.25, -0.2) is 0 Å². The molecule has 0 aliphatic rings. The summed E-state index contributed by atoms with van der Waals surface area (Å²) in [6, 6.07) is 14.4. The summed E-state index contributed by atoms with van der Waals surface area (Å²) < 4.78 is 5.51. The fraction of sp³-hybridized carbons (Fsp3) is 0.0556. The lowest BCUT2D eigenvalue weighted by Gasteiger charge is -1.99. The highest BCUT2D eigenvalue weighted by atomic mass is 16.3. The van der Waals surface area contributed by atoms with E-state index in [9.17, 15) is 9.90 Å². The van der Waals surface area contributed by atoms with Gasteiger partial charge in [-0.1, -0.05) is 29.8 Å². The van der Waals surface area contributed by atoms with Gasteiger partial charge in [0.05, 0.1) is 0 Å². The number of aromatic hydroxyl groups is 1. The molecular weight excluding hydrogens is 264 g/mol. The van der Waals surface area contributed by atoms with E-state index in [1.54, 1.807) is 18.2 Å². The molecule has 1 aromatic heterocycles. The lowest BCUT2D eigenvalue weighted by Crippen LogP contribution is -1.90. The number of allylic oxidation sites excluding steroid dienone is 1. The highest BCUT2D eigenvalue weighted by Crippen LogP contribution is 2.22. The molecule has 0 bridgehead atoms. The molecule has 2 aromatic carbocycles. The van der Waals surface area contributed by atoms with Gasteiger partial charge in [0, 0.05) is 10.9 Å². The predicted octanol–water partition coefficient (Wildman–Crippen LogP) is 4.34. The van der Waals surface area contributed by atoms with Crippen molar-refractivity contribution >= 4 is 22.8 Å². The molecule has 3 nitrogen and oxygen atoms in total. The highest BCUT2D eigenvalue weighted by molar-refractivity contribution is 6.07. The number of carbonyl (C=O) groups excluding carboxylic acids is 1. The summed E-state index contributed by atoms with van der Waals surface area (Å²) >= 11 is 0. The van der Waals surface area contributed by atoms with E-state index >= 15 is 0 Å². The van der Waals surface area contributed by atoms with Crippen molar-refractivity contribution in [1.82, 2.24) is 0 Å². The van der Waals surface area contributed by atoms with E-state index in [1.165, 1.54) is 6.08 Å². The standard InChI is InChI=1S/C18H14O3/c1-12-6-8-15(19)13(10-12)7-9-16(20)18-11-14-4-2-3-5-17(14)21-18/h2-11,19H,1H3/b9-7+. The zero-order chi connectivity index (χ0) is 14.8. The molecule has 3 aromatic rings. The van der Waals surface area contributed by atoms with Gasteiger partial charge in [0.1, 0.15) is 11.3 Å². The van der Waals surface area contributed by atoms with Gasteiger partial charge in [0.2, 0.25) is 5.78 Å². The van der Waals surface area contributed by atoms with Crippen molar-refractivity contribution in [2.24, 2.45) is 0 Å².